The van der Waals surface area contributed by atoms with Gasteiger partial charge in [0.05, 0.1) is 0 Å². The molecule has 82 valence electrons. The van der Waals surface area contributed by atoms with Crippen molar-refractivity contribution >= 4 is 23.3 Å². The summed E-state index contributed by atoms with van der Waals surface area (Å²) in [6, 6.07) is 3.78. The van der Waals surface area contributed by atoms with E-state index in [-0.39, 0.29) is 0 Å². The molecule has 0 atom stereocenters. The third-order valence-corrected chi connectivity index (χ3v) is 3.82. The molecule has 1 saturated heterocycles. The second-order valence-corrected chi connectivity index (χ2v) is 6.28. The Bertz CT molecular complexity index is 351. The second-order valence-electron chi connectivity index (χ2n) is 4.48. The van der Waals surface area contributed by atoms with Gasteiger partial charge in [-0.25, -0.2) is 4.98 Å². The van der Waals surface area contributed by atoms with Crippen LogP contribution in [0.25, 0.3) is 0 Å². The lowest BCUT2D eigenvalue weighted by atomic mass is 10.2. The Morgan fingerprint density at radius 1 is 1.53 bits per heavy atom. The summed E-state index contributed by atoms with van der Waals surface area (Å²) < 4.78 is 0.310. The van der Waals surface area contributed by atoms with Crippen LogP contribution in [-0.4, -0.2) is 28.6 Å². The fourth-order valence-corrected chi connectivity index (χ4v) is 2.93. The third kappa shape index (κ3) is 2.56. The van der Waals surface area contributed by atoms with Crippen molar-refractivity contribution in [2.45, 2.75) is 18.6 Å². The maximum Gasteiger partial charge on any atom is 0.130 e. The average molecular weight is 223 g/mol. The molecule has 0 spiro atoms. The number of aromatic nitrogens is 1. The summed E-state index contributed by atoms with van der Waals surface area (Å²) in [6.45, 7) is 6.64. The number of thioether (sulfide) groups is 1. The third-order valence-electron chi connectivity index (χ3n) is 2.52. The van der Waals surface area contributed by atoms with Crippen LogP contribution < -0.4 is 10.6 Å². The zero-order valence-corrected chi connectivity index (χ0v) is 10.0. The second kappa shape index (κ2) is 3.93. The summed E-state index contributed by atoms with van der Waals surface area (Å²) >= 11 is 2.02. The predicted molar refractivity (Wildman–Crippen MR) is 67.4 cm³/mol. The fourth-order valence-electron chi connectivity index (χ4n) is 1.82. The minimum atomic E-state index is 0.310. The van der Waals surface area contributed by atoms with E-state index in [1.807, 2.05) is 23.9 Å². The van der Waals surface area contributed by atoms with E-state index in [1.165, 1.54) is 0 Å². The molecule has 4 heteroatoms. The Kier molecular flexibility index (Phi) is 2.78. The van der Waals surface area contributed by atoms with Gasteiger partial charge in [-0.3, -0.25) is 0 Å². The molecule has 2 rings (SSSR count). The van der Waals surface area contributed by atoms with Crippen molar-refractivity contribution in [2.24, 2.45) is 0 Å². The summed E-state index contributed by atoms with van der Waals surface area (Å²) in [5.41, 5.74) is 6.55. The van der Waals surface area contributed by atoms with Crippen molar-refractivity contribution in [1.29, 1.82) is 0 Å². The fraction of sp³-hybridized carbons (Fsp3) is 0.545. The van der Waals surface area contributed by atoms with E-state index < -0.39 is 0 Å². The molecule has 0 aliphatic carbocycles. The normalized spacial score (nSPS) is 20.3. The van der Waals surface area contributed by atoms with Crippen molar-refractivity contribution in [3.05, 3.63) is 18.3 Å². The van der Waals surface area contributed by atoms with E-state index in [2.05, 4.69) is 23.7 Å². The Morgan fingerprint density at radius 3 is 3.00 bits per heavy atom. The van der Waals surface area contributed by atoms with E-state index in [0.29, 0.717) is 4.75 Å². The van der Waals surface area contributed by atoms with Crippen LogP contribution in [0.15, 0.2) is 18.3 Å². The minimum Gasteiger partial charge on any atom is -0.399 e. The highest BCUT2D eigenvalue weighted by Crippen LogP contribution is 2.31. The molecule has 0 saturated carbocycles. The van der Waals surface area contributed by atoms with Crippen LogP contribution in [0.1, 0.15) is 13.8 Å². The van der Waals surface area contributed by atoms with Gasteiger partial charge in [-0.2, -0.15) is 11.8 Å². The number of nitrogen functional groups attached to an aromatic ring is 1. The molecular weight excluding hydrogens is 206 g/mol. The maximum absolute atomic E-state index is 5.76. The van der Waals surface area contributed by atoms with E-state index in [9.17, 15) is 0 Å². The van der Waals surface area contributed by atoms with Crippen LogP contribution in [0.4, 0.5) is 11.5 Å². The molecule has 15 heavy (non-hydrogen) atoms. The van der Waals surface area contributed by atoms with E-state index >= 15 is 0 Å². The van der Waals surface area contributed by atoms with E-state index in [1.54, 1.807) is 6.20 Å². The van der Waals surface area contributed by atoms with Crippen LogP contribution in [0.2, 0.25) is 0 Å². The van der Waals surface area contributed by atoms with Gasteiger partial charge < -0.3 is 10.6 Å². The quantitative estimate of drug-likeness (QED) is 0.790. The SMILES string of the molecule is CC1(C)CN(c2cc(N)ccn2)CCS1. The first kappa shape index (κ1) is 10.6. The van der Waals surface area contributed by atoms with Gasteiger partial charge in [0.25, 0.3) is 0 Å². The topological polar surface area (TPSA) is 42.1 Å². The van der Waals surface area contributed by atoms with Crippen molar-refractivity contribution in [1.82, 2.24) is 4.98 Å². The number of pyridine rings is 1. The lowest BCUT2D eigenvalue weighted by Gasteiger charge is -2.38. The molecule has 1 fully saturated rings. The van der Waals surface area contributed by atoms with Crippen LogP contribution in [0.5, 0.6) is 0 Å². The van der Waals surface area contributed by atoms with Crippen LogP contribution in [-0.2, 0) is 0 Å². The molecule has 3 nitrogen and oxygen atoms in total. The molecule has 0 radical (unpaired) electrons. The number of hydrogen-bond donors (Lipinski definition) is 1. The number of nitrogens with zero attached hydrogens (tertiary/aromatic N) is 2. The van der Waals surface area contributed by atoms with Gasteiger partial charge in [-0.05, 0) is 19.9 Å². The number of rotatable bonds is 1. The van der Waals surface area contributed by atoms with Crippen molar-refractivity contribution in [3.8, 4) is 0 Å². The van der Waals surface area contributed by atoms with Gasteiger partial charge in [0.2, 0.25) is 0 Å². The average Bonchev–Trinajstić information content (AvgIpc) is 2.16. The summed E-state index contributed by atoms with van der Waals surface area (Å²) in [5.74, 6) is 2.16. The number of hydrogen-bond acceptors (Lipinski definition) is 4. The van der Waals surface area contributed by atoms with Crippen LogP contribution in [0.3, 0.4) is 0 Å². The number of anilines is 2. The molecule has 0 aromatic carbocycles. The summed E-state index contributed by atoms with van der Waals surface area (Å²) in [6.07, 6.45) is 1.78. The van der Waals surface area contributed by atoms with Crippen LogP contribution in [0, 0.1) is 0 Å². The Balaban J connectivity index is 2.17. The van der Waals surface area contributed by atoms with Gasteiger partial charge in [0.1, 0.15) is 5.82 Å². The Morgan fingerprint density at radius 2 is 2.33 bits per heavy atom. The van der Waals surface area contributed by atoms with E-state index in [4.69, 9.17) is 5.73 Å². The highest BCUT2D eigenvalue weighted by atomic mass is 32.2. The van der Waals surface area contributed by atoms with Gasteiger partial charge >= 0.3 is 0 Å². The molecule has 0 unspecified atom stereocenters. The summed E-state index contributed by atoms with van der Waals surface area (Å²) in [5, 5.41) is 0. The minimum absolute atomic E-state index is 0.310. The molecular formula is C11H17N3S. The van der Waals surface area contributed by atoms with Gasteiger partial charge in [-0.1, -0.05) is 0 Å². The first-order valence-electron chi connectivity index (χ1n) is 5.17. The van der Waals surface area contributed by atoms with Gasteiger partial charge in [0.15, 0.2) is 0 Å². The summed E-state index contributed by atoms with van der Waals surface area (Å²) in [7, 11) is 0. The summed E-state index contributed by atoms with van der Waals surface area (Å²) in [4.78, 5) is 6.68. The lowest BCUT2D eigenvalue weighted by molar-refractivity contribution is 0.642. The molecule has 1 aromatic rings. The molecule has 1 aromatic heterocycles. The Hall–Kier alpha value is -0.900. The smallest absolute Gasteiger partial charge is 0.130 e. The highest BCUT2D eigenvalue weighted by Gasteiger charge is 2.27. The van der Waals surface area contributed by atoms with Crippen molar-refractivity contribution in [3.63, 3.8) is 0 Å². The molecule has 1 aliphatic heterocycles. The van der Waals surface area contributed by atoms with Crippen LogP contribution >= 0.6 is 11.8 Å². The van der Waals surface area contributed by atoms with E-state index in [0.717, 1.165) is 30.3 Å². The lowest BCUT2D eigenvalue weighted by Crippen LogP contribution is -2.43. The standard InChI is InChI=1S/C11H17N3S/c1-11(2)8-14(5-6-15-11)10-7-9(12)3-4-13-10/h3-4,7H,5-6,8H2,1-2H3,(H2,12,13). The molecule has 0 amide bonds. The maximum atomic E-state index is 5.76. The monoisotopic (exact) mass is 223 g/mol. The zero-order valence-electron chi connectivity index (χ0n) is 9.23. The van der Waals surface area contributed by atoms with Gasteiger partial charge in [0, 0.05) is 41.5 Å². The van der Waals surface area contributed by atoms with Crippen molar-refractivity contribution < 1.29 is 0 Å². The number of nitrogens with two attached hydrogens (primary N) is 1. The first-order valence-corrected chi connectivity index (χ1v) is 6.16. The molecule has 1 aliphatic rings. The predicted octanol–water partition coefficient (Wildman–Crippen LogP) is 2.00. The zero-order chi connectivity index (χ0) is 10.9. The molecule has 0 bridgehead atoms. The first-order chi connectivity index (χ1) is 7.07. The molecule has 2 N–H and O–H groups in total. The Labute approximate surface area is 95.1 Å². The highest BCUT2D eigenvalue weighted by molar-refractivity contribution is 8.00. The molecule has 2 heterocycles. The largest absolute Gasteiger partial charge is 0.399 e. The van der Waals surface area contributed by atoms with Gasteiger partial charge in [-0.15, -0.1) is 0 Å². The van der Waals surface area contributed by atoms with Crippen molar-refractivity contribution in [2.75, 3.05) is 29.5 Å².